The van der Waals surface area contributed by atoms with Crippen LogP contribution in [0.1, 0.15) is 45.4 Å². The molecule has 2 aliphatic rings. The van der Waals surface area contributed by atoms with E-state index in [1.54, 1.807) is 6.08 Å². The predicted molar refractivity (Wildman–Crippen MR) is 92.3 cm³/mol. The Bertz CT molecular complexity index is 616. The van der Waals surface area contributed by atoms with E-state index in [1.165, 1.54) is 12.5 Å². The molecule has 2 N–H and O–H groups in total. The average Bonchev–Trinajstić information content (AvgIpc) is 3.35. The van der Waals surface area contributed by atoms with Crippen LogP contribution in [0, 0.1) is 0 Å². The summed E-state index contributed by atoms with van der Waals surface area (Å²) in [5.41, 5.74) is 2.42. The first-order valence-corrected chi connectivity index (χ1v) is 8.72. The van der Waals surface area contributed by atoms with Gasteiger partial charge in [-0.1, -0.05) is 6.42 Å². The third-order valence-corrected chi connectivity index (χ3v) is 4.07. The molecule has 136 valence electrons. The molecule has 7 nitrogen and oxygen atoms in total. The summed E-state index contributed by atoms with van der Waals surface area (Å²) in [4.78, 5) is 47.4. The lowest BCUT2D eigenvalue weighted by atomic mass is 10.1. The van der Waals surface area contributed by atoms with Gasteiger partial charge in [-0.25, -0.2) is 0 Å². The van der Waals surface area contributed by atoms with Crippen molar-refractivity contribution in [3.8, 4) is 0 Å². The summed E-state index contributed by atoms with van der Waals surface area (Å²) < 4.78 is 0. The Morgan fingerprint density at radius 1 is 1.00 bits per heavy atom. The van der Waals surface area contributed by atoms with E-state index in [-0.39, 0.29) is 36.6 Å². The van der Waals surface area contributed by atoms with Crippen molar-refractivity contribution >= 4 is 23.5 Å². The van der Waals surface area contributed by atoms with Crippen LogP contribution in [0.15, 0.2) is 23.4 Å². The number of allylic oxidation sites excluding steroid dienone is 2. The first-order chi connectivity index (χ1) is 12.0. The quantitative estimate of drug-likeness (QED) is 0.572. The molecular weight excluding hydrogens is 322 g/mol. The Morgan fingerprint density at radius 3 is 2.40 bits per heavy atom. The smallest absolute Gasteiger partial charge is 0.251 e. The second kappa shape index (κ2) is 9.15. The van der Waals surface area contributed by atoms with Crippen molar-refractivity contribution in [3.05, 3.63) is 23.4 Å². The lowest BCUT2D eigenvalue weighted by Crippen LogP contribution is -2.38. The zero-order valence-corrected chi connectivity index (χ0v) is 14.6. The highest BCUT2D eigenvalue weighted by atomic mass is 16.2. The highest BCUT2D eigenvalue weighted by Gasteiger charge is 2.27. The van der Waals surface area contributed by atoms with Gasteiger partial charge in [-0.3, -0.25) is 19.2 Å². The van der Waals surface area contributed by atoms with Gasteiger partial charge in [-0.05, 0) is 44.3 Å². The molecule has 0 aromatic rings. The molecule has 1 heterocycles. The lowest BCUT2D eigenvalue weighted by Gasteiger charge is -2.18. The predicted octanol–water partition coefficient (Wildman–Crippen LogP) is 0.814. The molecule has 0 aromatic carbocycles. The number of Topliss-reactive ketones (excluding diaryl/α,β-unsaturated/α-hetero) is 1. The molecule has 25 heavy (non-hydrogen) atoms. The van der Waals surface area contributed by atoms with Gasteiger partial charge in [-0.15, -0.1) is 0 Å². The summed E-state index contributed by atoms with van der Waals surface area (Å²) in [6.07, 6.45) is 8.43. The molecular formula is C18H25N3O4. The Balaban J connectivity index is 1.53. The van der Waals surface area contributed by atoms with Crippen molar-refractivity contribution in [2.45, 2.75) is 45.4 Å². The Kier molecular flexibility index (Phi) is 6.91. The molecule has 1 fully saturated rings. The molecule has 0 unspecified atom stereocenters. The second-order valence-electron chi connectivity index (χ2n) is 6.38. The number of nitrogens with one attached hydrogen (secondary N) is 2. The zero-order valence-electron chi connectivity index (χ0n) is 14.6. The van der Waals surface area contributed by atoms with Crippen molar-refractivity contribution in [2.75, 3.05) is 19.6 Å². The maximum atomic E-state index is 11.8. The molecule has 1 aliphatic carbocycles. The first-order valence-electron chi connectivity index (χ1n) is 8.72. The molecule has 0 spiro atoms. The molecule has 1 saturated carbocycles. The second-order valence-corrected chi connectivity index (χ2v) is 6.38. The van der Waals surface area contributed by atoms with E-state index in [0.717, 1.165) is 31.4 Å². The summed E-state index contributed by atoms with van der Waals surface area (Å²) in [6, 6.07) is 0. The molecule has 7 heteroatoms. The number of rotatable bonds is 10. The number of carbonyl (C=O) groups excluding carboxylic acids is 4. The average molecular weight is 347 g/mol. The van der Waals surface area contributed by atoms with E-state index in [0.29, 0.717) is 19.4 Å². The normalized spacial score (nSPS) is 15.6. The summed E-state index contributed by atoms with van der Waals surface area (Å²) in [5.74, 6) is -0.641. The van der Waals surface area contributed by atoms with Crippen LogP contribution in [-0.4, -0.2) is 48.0 Å². The van der Waals surface area contributed by atoms with Gasteiger partial charge in [0.1, 0.15) is 5.78 Å². The standard InChI is InChI=1S/C18H25N3O4/c1-13(22)11-19-17(24)12-20-16(23)5-3-2-4-10-21-15(14-6-7-14)8-9-18(21)25/h8-9H,2-7,10-12H2,1H3,(H,19,24)(H,20,23). The van der Waals surface area contributed by atoms with Gasteiger partial charge < -0.3 is 15.5 Å². The number of unbranched alkanes of at least 4 members (excludes halogenated alkanes) is 2. The number of carbonyl (C=O) groups is 4. The largest absolute Gasteiger partial charge is 0.348 e. The van der Waals surface area contributed by atoms with Crippen molar-refractivity contribution in [3.63, 3.8) is 0 Å². The van der Waals surface area contributed by atoms with E-state index in [4.69, 9.17) is 0 Å². The van der Waals surface area contributed by atoms with Crippen molar-refractivity contribution in [1.29, 1.82) is 0 Å². The highest BCUT2D eigenvalue weighted by Crippen LogP contribution is 2.35. The third-order valence-electron chi connectivity index (χ3n) is 4.07. The summed E-state index contributed by atoms with van der Waals surface area (Å²) in [6.45, 7) is 1.93. The fraction of sp³-hybridized carbons (Fsp3) is 0.556. The van der Waals surface area contributed by atoms with Crippen LogP contribution in [0.5, 0.6) is 0 Å². The molecule has 0 saturated heterocycles. The van der Waals surface area contributed by atoms with Gasteiger partial charge in [0.2, 0.25) is 11.8 Å². The van der Waals surface area contributed by atoms with Crippen molar-refractivity contribution in [2.24, 2.45) is 0 Å². The zero-order chi connectivity index (χ0) is 18.2. The van der Waals surface area contributed by atoms with E-state index in [1.807, 2.05) is 11.0 Å². The monoisotopic (exact) mass is 347 g/mol. The van der Waals surface area contributed by atoms with Crippen LogP contribution in [0.3, 0.4) is 0 Å². The van der Waals surface area contributed by atoms with Crippen LogP contribution in [0.4, 0.5) is 0 Å². The minimum atomic E-state index is -0.371. The highest BCUT2D eigenvalue weighted by molar-refractivity contribution is 5.93. The number of ketones is 1. The molecule has 0 bridgehead atoms. The summed E-state index contributed by atoms with van der Waals surface area (Å²) in [5, 5.41) is 4.95. The minimum absolute atomic E-state index is 0.0169. The number of nitrogens with zero attached hydrogens (tertiary/aromatic N) is 1. The third kappa shape index (κ3) is 6.52. The van der Waals surface area contributed by atoms with E-state index in [2.05, 4.69) is 10.6 Å². The van der Waals surface area contributed by atoms with Gasteiger partial charge in [0.05, 0.1) is 13.1 Å². The van der Waals surface area contributed by atoms with Crippen molar-refractivity contribution < 1.29 is 19.2 Å². The van der Waals surface area contributed by atoms with Crippen LogP contribution in [0.25, 0.3) is 0 Å². The fourth-order valence-electron chi connectivity index (χ4n) is 2.59. The fourth-order valence-corrected chi connectivity index (χ4v) is 2.59. The summed E-state index contributed by atoms with van der Waals surface area (Å²) >= 11 is 0. The van der Waals surface area contributed by atoms with E-state index >= 15 is 0 Å². The van der Waals surface area contributed by atoms with Gasteiger partial charge in [0, 0.05) is 24.7 Å². The lowest BCUT2D eigenvalue weighted by molar-refractivity contribution is -0.127. The maximum Gasteiger partial charge on any atom is 0.251 e. The van der Waals surface area contributed by atoms with Gasteiger partial charge >= 0.3 is 0 Å². The Hall–Kier alpha value is -2.44. The first kappa shape index (κ1) is 18.9. The Morgan fingerprint density at radius 2 is 1.72 bits per heavy atom. The van der Waals surface area contributed by atoms with E-state index in [9.17, 15) is 19.2 Å². The van der Waals surface area contributed by atoms with Gasteiger partial charge in [-0.2, -0.15) is 0 Å². The molecule has 0 aromatic heterocycles. The SMILES string of the molecule is CC(=O)CNC(=O)CNC(=O)CCCCCN1C(=O)C=CC1=C1CC1. The summed E-state index contributed by atoms with van der Waals surface area (Å²) in [7, 11) is 0. The van der Waals surface area contributed by atoms with Crippen molar-refractivity contribution in [1.82, 2.24) is 15.5 Å². The number of hydrogen-bond donors (Lipinski definition) is 2. The van der Waals surface area contributed by atoms with E-state index < -0.39 is 0 Å². The topological polar surface area (TPSA) is 95.6 Å². The van der Waals surface area contributed by atoms with Crippen LogP contribution < -0.4 is 10.6 Å². The maximum absolute atomic E-state index is 11.8. The van der Waals surface area contributed by atoms with Gasteiger partial charge in [0.15, 0.2) is 0 Å². The molecule has 1 aliphatic heterocycles. The minimum Gasteiger partial charge on any atom is -0.348 e. The molecule has 0 atom stereocenters. The van der Waals surface area contributed by atoms with Crippen LogP contribution >= 0.6 is 0 Å². The van der Waals surface area contributed by atoms with Crippen LogP contribution in [0.2, 0.25) is 0 Å². The molecule has 2 rings (SSSR count). The van der Waals surface area contributed by atoms with Gasteiger partial charge in [0.25, 0.3) is 5.91 Å². The van der Waals surface area contributed by atoms with Crippen LogP contribution in [-0.2, 0) is 19.2 Å². The molecule has 0 radical (unpaired) electrons. The number of hydrogen-bond acceptors (Lipinski definition) is 4. The Labute approximate surface area is 147 Å². The number of amides is 3. The molecule has 3 amide bonds.